The van der Waals surface area contributed by atoms with Crippen LogP contribution in [0.2, 0.25) is 0 Å². The van der Waals surface area contributed by atoms with Crippen LogP contribution in [0.25, 0.3) is 0 Å². The van der Waals surface area contributed by atoms with E-state index in [0.717, 1.165) is 35.4 Å². The van der Waals surface area contributed by atoms with Gasteiger partial charge < -0.3 is 15.1 Å². The Balaban J connectivity index is 1.45. The number of nitrogens with zero attached hydrogens (tertiary/aromatic N) is 3. The molecule has 1 aliphatic heterocycles. The summed E-state index contributed by atoms with van der Waals surface area (Å²) in [7, 11) is 0. The number of para-hydroxylation sites is 1. The summed E-state index contributed by atoms with van der Waals surface area (Å²) in [5.41, 5.74) is 3.55. The van der Waals surface area contributed by atoms with Crippen molar-refractivity contribution in [2.75, 3.05) is 10.6 Å². The topological polar surface area (TPSA) is 92.4 Å². The fraction of sp³-hybridized carbons (Fsp3) is 0.304. The molecule has 0 bridgehead atoms. The molecule has 7 nitrogen and oxygen atoms in total. The smallest absolute Gasteiger partial charge is 0.317 e. The van der Waals surface area contributed by atoms with Crippen molar-refractivity contribution in [2.45, 2.75) is 38.8 Å². The molecule has 152 valence electrons. The Morgan fingerprint density at radius 3 is 2.53 bits per heavy atom. The van der Waals surface area contributed by atoms with Crippen molar-refractivity contribution in [3.05, 3.63) is 71.6 Å². The van der Waals surface area contributed by atoms with Crippen molar-refractivity contribution in [3.8, 4) is 0 Å². The highest BCUT2D eigenvalue weighted by atomic mass is 16.4. The number of hydrogen-bond acceptors (Lipinski definition) is 6. The predicted molar refractivity (Wildman–Crippen MR) is 115 cm³/mol. The molecule has 1 aromatic heterocycles. The highest BCUT2D eigenvalue weighted by molar-refractivity contribution is 6.19. The lowest BCUT2D eigenvalue weighted by atomic mass is 9.64. The zero-order valence-corrected chi connectivity index (χ0v) is 16.9. The van der Waals surface area contributed by atoms with E-state index in [1.54, 1.807) is 0 Å². The number of benzodiazepines with no additional fused rings is 1. The first-order valence-electron chi connectivity index (χ1n) is 10.1. The standard InChI is InChI=1S/C23H23N5O2/c1-23(2)12-15(13-23)21-27-28-22(30-21)26-19-20(29)24-17-11-7-6-10-16(17)18(25-19)14-8-4-3-5-9-14/h3-11,15,19H,12-13H2,1-2H3,(H,24,29)(H,26,28). The molecular formula is C23H23N5O2. The lowest BCUT2D eigenvalue weighted by molar-refractivity contribution is -0.116. The second kappa shape index (κ2) is 7.09. The molecule has 0 radical (unpaired) electrons. The second-order valence-corrected chi connectivity index (χ2v) is 8.64. The summed E-state index contributed by atoms with van der Waals surface area (Å²) < 4.78 is 5.81. The van der Waals surface area contributed by atoms with Crippen molar-refractivity contribution in [3.63, 3.8) is 0 Å². The van der Waals surface area contributed by atoms with Crippen LogP contribution in [0.15, 0.2) is 64.0 Å². The van der Waals surface area contributed by atoms with Crippen LogP contribution in [0.3, 0.4) is 0 Å². The van der Waals surface area contributed by atoms with Crippen molar-refractivity contribution < 1.29 is 9.21 Å². The highest BCUT2D eigenvalue weighted by Gasteiger charge is 2.40. The molecule has 2 N–H and O–H groups in total. The van der Waals surface area contributed by atoms with Gasteiger partial charge in [-0.3, -0.25) is 4.79 Å². The minimum atomic E-state index is -0.890. The number of aromatic nitrogens is 2. The summed E-state index contributed by atoms with van der Waals surface area (Å²) in [4.78, 5) is 17.6. The van der Waals surface area contributed by atoms with Gasteiger partial charge >= 0.3 is 6.01 Å². The van der Waals surface area contributed by atoms with Crippen molar-refractivity contribution >= 4 is 23.3 Å². The van der Waals surface area contributed by atoms with Crippen LogP contribution < -0.4 is 10.6 Å². The Morgan fingerprint density at radius 2 is 1.77 bits per heavy atom. The Bertz CT molecular complexity index is 1110. The molecule has 0 saturated heterocycles. The highest BCUT2D eigenvalue weighted by Crippen LogP contribution is 2.50. The molecule has 1 saturated carbocycles. The number of carbonyl (C=O) groups excluding carboxylic acids is 1. The third-order valence-corrected chi connectivity index (χ3v) is 5.64. The van der Waals surface area contributed by atoms with Crippen LogP contribution in [0, 0.1) is 5.41 Å². The van der Waals surface area contributed by atoms with Crippen molar-refractivity contribution in [2.24, 2.45) is 10.4 Å². The SMILES string of the molecule is CC1(C)CC(c2nnc(NC3N=C(c4ccccc4)c4ccccc4NC3=O)o2)C1. The zero-order chi connectivity index (χ0) is 20.7. The zero-order valence-electron chi connectivity index (χ0n) is 16.9. The van der Waals surface area contributed by atoms with Gasteiger partial charge in [0.25, 0.3) is 5.91 Å². The lowest BCUT2D eigenvalue weighted by Gasteiger charge is -2.40. The second-order valence-electron chi connectivity index (χ2n) is 8.64. The van der Waals surface area contributed by atoms with Gasteiger partial charge in [0, 0.05) is 17.0 Å². The van der Waals surface area contributed by atoms with Crippen LogP contribution in [0.1, 0.15) is 49.6 Å². The first-order valence-corrected chi connectivity index (χ1v) is 10.1. The first-order chi connectivity index (χ1) is 14.5. The third-order valence-electron chi connectivity index (χ3n) is 5.64. The lowest BCUT2D eigenvalue weighted by Crippen LogP contribution is -2.32. The van der Waals surface area contributed by atoms with Gasteiger partial charge in [0.1, 0.15) is 0 Å². The van der Waals surface area contributed by atoms with E-state index in [1.165, 1.54) is 0 Å². The predicted octanol–water partition coefficient (Wildman–Crippen LogP) is 4.20. The summed E-state index contributed by atoms with van der Waals surface area (Å²) in [5.74, 6) is 0.609. The quantitative estimate of drug-likeness (QED) is 0.683. The number of amides is 1. The van der Waals surface area contributed by atoms with Crippen molar-refractivity contribution in [1.29, 1.82) is 0 Å². The van der Waals surface area contributed by atoms with Crippen LogP contribution in [-0.4, -0.2) is 28.0 Å². The molecule has 2 aromatic carbocycles. The average molecular weight is 401 g/mol. The van der Waals surface area contributed by atoms with Crippen LogP contribution in [0.4, 0.5) is 11.7 Å². The van der Waals surface area contributed by atoms with Gasteiger partial charge in [0.05, 0.1) is 11.4 Å². The number of anilines is 2. The van der Waals surface area contributed by atoms with Crippen molar-refractivity contribution in [1.82, 2.24) is 10.2 Å². The van der Waals surface area contributed by atoms with Gasteiger partial charge in [-0.15, -0.1) is 5.10 Å². The fourth-order valence-electron chi connectivity index (χ4n) is 4.20. The van der Waals surface area contributed by atoms with Gasteiger partial charge in [0.15, 0.2) is 0 Å². The van der Waals surface area contributed by atoms with E-state index >= 15 is 0 Å². The number of carbonyl (C=O) groups is 1. The van der Waals surface area contributed by atoms with E-state index in [2.05, 4.69) is 34.7 Å². The molecule has 7 heteroatoms. The minimum Gasteiger partial charge on any atom is -0.408 e. The monoisotopic (exact) mass is 401 g/mol. The van der Waals surface area contributed by atoms with E-state index in [-0.39, 0.29) is 17.8 Å². The van der Waals surface area contributed by atoms with Crippen LogP contribution in [0.5, 0.6) is 0 Å². The van der Waals surface area contributed by atoms with E-state index in [1.807, 2.05) is 54.6 Å². The molecular weight excluding hydrogens is 378 g/mol. The van der Waals surface area contributed by atoms with E-state index in [0.29, 0.717) is 11.3 Å². The van der Waals surface area contributed by atoms with Gasteiger partial charge in [-0.2, -0.15) is 0 Å². The maximum atomic E-state index is 12.9. The molecule has 3 aromatic rings. The average Bonchev–Trinajstić information content (AvgIpc) is 3.13. The third kappa shape index (κ3) is 3.47. The first kappa shape index (κ1) is 18.5. The molecule has 1 unspecified atom stereocenters. The Kier molecular flexibility index (Phi) is 4.38. The molecule has 0 spiro atoms. The number of nitrogens with one attached hydrogen (secondary N) is 2. The summed E-state index contributed by atoms with van der Waals surface area (Å²) in [6, 6.07) is 17.7. The number of aliphatic imine (C=N–C) groups is 1. The maximum Gasteiger partial charge on any atom is 0.317 e. The summed E-state index contributed by atoms with van der Waals surface area (Å²) in [6.07, 6.45) is 1.15. The minimum absolute atomic E-state index is 0.206. The molecule has 1 aliphatic carbocycles. The van der Waals surface area contributed by atoms with E-state index in [4.69, 9.17) is 9.41 Å². The molecule has 1 fully saturated rings. The summed E-state index contributed by atoms with van der Waals surface area (Å²) in [6.45, 7) is 4.46. The summed E-state index contributed by atoms with van der Waals surface area (Å²) in [5, 5.41) is 14.2. The largest absolute Gasteiger partial charge is 0.408 e. The summed E-state index contributed by atoms with van der Waals surface area (Å²) >= 11 is 0. The van der Waals surface area contributed by atoms with Gasteiger partial charge in [0.2, 0.25) is 12.1 Å². The van der Waals surface area contributed by atoms with E-state index < -0.39 is 6.17 Å². The molecule has 30 heavy (non-hydrogen) atoms. The number of hydrogen-bond donors (Lipinski definition) is 2. The molecule has 5 rings (SSSR count). The maximum absolute atomic E-state index is 12.9. The Labute approximate surface area is 174 Å². The van der Waals surface area contributed by atoms with Crippen LogP contribution >= 0.6 is 0 Å². The molecule has 1 amide bonds. The number of fused-ring (bicyclic) bond motifs is 1. The number of rotatable bonds is 4. The van der Waals surface area contributed by atoms with Gasteiger partial charge in [-0.1, -0.05) is 67.5 Å². The molecule has 1 atom stereocenters. The fourth-order valence-corrected chi connectivity index (χ4v) is 4.20. The Hall–Kier alpha value is -3.48. The Morgan fingerprint density at radius 1 is 1.03 bits per heavy atom. The molecule has 2 aliphatic rings. The van der Waals surface area contributed by atoms with Gasteiger partial charge in [-0.25, -0.2) is 4.99 Å². The van der Waals surface area contributed by atoms with Gasteiger partial charge in [-0.05, 0) is 24.3 Å². The van der Waals surface area contributed by atoms with Crippen LogP contribution in [-0.2, 0) is 4.79 Å². The number of benzene rings is 2. The normalized spacial score (nSPS) is 20.4. The van der Waals surface area contributed by atoms with E-state index in [9.17, 15) is 4.79 Å². The molecule has 2 heterocycles.